The molecule has 1 aromatic heterocycles. The predicted molar refractivity (Wildman–Crippen MR) is 58.2 cm³/mol. The van der Waals surface area contributed by atoms with E-state index in [0.717, 1.165) is 18.7 Å². The lowest BCUT2D eigenvalue weighted by molar-refractivity contribution is 0.0505. The third-order valence-electron chi connectivity index (χ3n) is 3.07. The van der Waals surface area contributed by atoms with Gasteiger partial charge in [-0.3, -0.25) is 0 Å². The van der Waals surface area contributed by atoms with Crippen LogP contribution in [-0.4, -0.2) is 27.3 Å². The Morgan fingerprint density at radius 3 is 2.81 bits per heavy atom. The van der Waals surface area contributed by atoms with Crippen LogP contribution in [0.25, 0.3) is 0 Å². The van der Waals surface area contributed by atoms with Gasteiger partial charge in [-0.15, -0.1) is 10.2 Å². The monoisotopic (exact) mass is 223 g/mol. The number of carbonyl (C=O) groups is 1. The predicted octanol–water partition coefficient (Wildman–Crippen LogP) is 1.73. The minimum Gasteiger partial charge on any atom is -0.460 e. The Balaban J connectivity index is 2.23. The van der Waals surface area contributed by atoms with E-state index in [1.165, 1.54) is 0 Å². The molecule has 2 atom stereocenters. The third kappa shape index (κ3) is 1.81. The number of hydrogen-bond donors (Lipinski definition) is 0. The van der Waals surface area contributed by atoms with E-state index >= 15 is 0 Å². The van der Waals surface area contributed by atoms with Crippen LogP contribution in [0.5, 0.6) is 0 Å². The molecule has 0 radical (unpaired) electrons. The highest BCUT2D eigenvalue weighted by Gasteiger charge is 2.40. The topological polar surface area (TPSA) is 57.0 Å². The average Bonchev–Trinajstić information content (AvgIpc) is 2.94. The molecule has 5 heteroatoms. The highest BCUT2D eigenvalue weighted by Crippen LogP contribution is 2.46. The second-order valence-electron chi connectivity index (χ2n) is 4.13. The fourth-order valence-corrected chi connectivity index (χ4v) is 2.09. The molecule has 0 aliphatic heterocycles. The van der Waals surface area contributed by atoms with Crippen LogP contribution in [0, 0.1) is 12.8 Å². The number of carbonyl (C=O) groups excluding carboxylic acids is 1. The van der Waals surface area contributed by atoms with Crippen LogP contribution >= 0.6 is 0 Å². The van der Waals surface area contributed by atoms with Gasteiger partial charge in [0.2, 0.25) is 5.82 Å². The maximum absolute atomic E-state index is 11.7. The van der Waals surface area contributed by atoms with Gasteiger partial charge in [-0.1, -0.05) is 13.3 Å². The van der Waals surface area contributed by atoms with Gasteiger partial charge in [0.25, 0.3) is 0 Å². The quantitative estimate of drug-likeness (QED) is 0.729. The first-order valence-electron chi connectivity index (χ1n) is 5.77. The standard InChI is InChI=1S/C11H17N3O2/c1-4-8-6-9(8)14-7(3)12-13-10(14)11(15)16-5-2/h8-9H,4-6H2,1-3H3. The number of nitrogens with zero attached hydrogens (tertiary/aromatic N) is 3. The molecule has 1 aliphatic carbocycles. The summed E-state index contributed by atoms with van der Waals surface area (Å²) in [6, 6.07) is 0.388. The van der Waals surface area contributed by atoms with Crippen molar-refractivity contribution >= 4 is 5.97 Å². The van der Waals surface area contributed by atoms with Crippen molar-refractivity contribution in [3.8, 4) is 0 Å². The van der Waals surface area contributed by atoms with Gasteiger partial charge in [-0.25, -0.2) is 4.79 Å². The lowest BCUT2D eigenvalue weighted by atomic mass is 10.3. The van der Waals surface area contributed by atoms with Crippen LogP contribution < -0.4 is 0 Å². The molecule has 16 heavy (non-hydrogen) atoms. The molecule has 1 saturated carbocycles. The van der Waals surface area contributed by atoms with Gasteiger partial charge in [-0.2, -0.15) is 0 Å². The van der Waals surface area contributed by atoms with Crippen molar-refractivity contribution in [2.75, 3.05) is 6.61 Å². The van der Waals surface area contributed by atoms with Crippen LogP contribution in [0.1, 0.15) is 49.2 Å². The molecule has 0 bridgehead atoms. The van der Waals surface area contributed by atoms with Gasteiger partial charge >= 0.3 is 5.97 Å². The summed E-state index contributed by atoms with van der Waals surface area (Å²) < 4.78 is 6.89. The number of rotatable bonds is 4. The van der Waals surface area contributed by atoms with E-state index in [9.17, 15) is 4.79 Å². The van der Waals surface area contributed by atoms with Crippen LogP contribution in [0.2, 0.25) is 0 Å². The maximum atomic E-state index is 11.7. The lowest BCUT2D eigenvalue weighted by Gasteiger charge is -2.06. The van der Waals surface area contributed by atoms with Crippen molar-refractivity contribution in [2.45, 2.75) is 39.7 Å². The van der Waals surface area contributed by atoms with Gasteiger partial charge in [-0.05, 0) is 26.2 Å². The number of esters is 1. The highest BCUT2D eigenvalue weighted by molar-refractivity contribution is 5.85. The molecular weight excluding hydrogens is 206 g/mol. The minimum absolute atomic E-state index is 0.348. The minimum atomic E-state index is -0.371. The fourth-order valence-electron chi connectivity index (χ4n) is 2.09. The van der Waals surface area contributed by atoms with Crippen LogP contribution in [0.3, 0.4) is 0 Å². The third-order valence-corrected chi connectivity index (χ3v) is 3.07. The molecule has 2 rings (SSSR count). The van der Waals surface area contributed by atoms with E-state index in [1.807, 2.05) is 11.5 Å². The summed E-state index contributed by atoms with van der Waals surface area (Å²) in [4.78, 5) is 11.7. The first kappa shape index (κ1) is 11.1. The molecule has 1 aromatic rings. The largest absolute Gasteiger partial charge is 0.460 e. The first-order valence-corrected chi connectivity index (χ1v) is 5.77. The van der Waals surface area contributed by atoms with E-state index in [1.54, 1.807) is 6.92 Å². The maximum Gasteiger partial charge on any atom is 0.376 e. The van der Waals surface area contributed by atoms with E-state index in [4.69, 9.17) is 4.74 Å². The second kappa shape index (κ2) is 4.23. The van der Waals surface area contributed by atoms with Gasteiger partial charge in [0.1, 0.15) is 5.82 Å². The number of aromatic nitrogens is 3. The zero-order valence-corrected chi connectivity index (χ0v) is 9.93. The Kier molecular flexibility index (Phi) is 2.94. The fraction of sp³-hybridized carbons (Fsp3) is 0.727. The molecule has 0 N–H and O–H groups in total. The summed E-state index contributed by atoms with van der Waals surface area (Å²) in [6.07, 6.45) is 2.24. The van der Waals surface area contributed by atoms with Crippen LogP contribution in [0.15, 0.2) is 0 Å². The molecule has 2 unspecified atom stereocenters. The molecular formula is C11H17N3O2. The average molecular weight is 223 g/mol. The lowest BCUT2D eigenvalue weighted by Crippen LogP contribution is -2.14. The van der Waals surface area contributed by atoms with Crippen molar-refractivity contribution in [1.29, 1.82) is 0 Å². The summed E-state index contributed by atoms with van der Waals surface area (Å²) in [5.41, 5.74) is 0. The molecule has 5 nitrogen and oxygen atoms in total. The number of ether oxygens (including phenoxy) is 1. The normalized spacial score (nSPS) is 23.2. The van der Waals surface area contributed by atoms with Crippen molar-refractivity contribution in [3.63, 3.8) is 0 Å². The molecule has 0 spiro atoms. The molecule has 0 aromatic carbocycles. The number of aryl methyl sites for hydroxylation is 1. The molecule has 0 amide bonds. The summed E-state index contributed by atoms with van der Waals surface area (Å²) in [7, 11) is 0. The first-order chi connectivity index (χ1) is 7.69. The van der Waals surface area contributed by atoms with Crippen molar-refractivity contribution in [2.24, 2.45) is 5.92 Å². The highest BCUT2D eigenvalue weighted by atomic mass is 16.5. The van der Waals surface area contributed by atoms with Gasteiger partial charge < -0.3 is 9.30 Å². The summed E-state index contributed by atoms with van der Waals surface area (Å²) in [6.45, 7) is 6.19. The van der Waals surface area contributed by atoms with Crippen LogP contribution in [-0.2, 0) is 4.74 Å². The van der Waals surface area contributed by atoms with Crippen molar-refractivity contribution in [3.05, 3.63) is 11.6 Å². The molecule has 1 aliphatic rings. The second-order valence-corrected chi connectivity index (χ2v) is 4.13. The van der Waals surface area contributed by atoms with Crippen LogP contribution in [0.4, 0.5) is 0 Å². The smallest absolute Gasteiger partial charge is 0.376 e. The Bertz CT molecular complexity index is 400. The molecule has 0 saturated heterocycles. The molecule has 1 heterocycles. The van der Waals surface area contributed by atoms with Crippen molar-refractivity contribution < 1.29 is 9.53 Å². The zero-order chi connectivity index (χ0) is 11.7. The van der Waals surface area contributed by atoms with E-state index < -0.39 is 0 Å². The summed E-state index contributed by atoms with van der Waals surface area (Å²) >= 11 is 0. The van der Waals surface area contributed by atoms with E-state index in [0.29, 0.717) is 24.4 Å². The van der Waals surface area contributed by atoms with Gasteiger partial charge in [0, 0.05) is 6.04 Å². The van der Waals surface area contributed by atoms with Crippen molar-refractivity contribution in [1.82, 2.24) is 14.8 Å². The zero-order valence-electron chi connectivity index (χ0n) is 9.93. The summed E-state index contributed by atoms with van der Waals surface area (Å²) in [5, 5.41) is 7.86. The van der Waals surface area contributed by atoms with E-state index in [-0.39, 0.29) is 5.97 Å². The molecule has 88 valence electrons. The van der Waals surface area contributed by atoms with E-state index in [2.05, 4.69) is 17.1 Å². The Labute approximate surface area is 94.8 Å². The van der Waals surface area contributed by atoms with Gasteiger partial charge in [0.15, 0.2) is 0 Å². The SMILES string of the molecule is CCOC(=O)c1nnc(C)n1C1CC1CC. The Morgan fingerprint density at radius 2 is 2.25 bits per heavy atom. The summed E-state index contributed by atoms with van der Waals surface area (Å²) in [5.74, 6) is 1.43. The Morgan fingerprint density at radius 1 is 1.50 bits per heavy atom. The number of hydrogen-bond acceptors (Lipinski definition) is 4. The Hall–Kier alpha value is -1.39. The van der Waals surface area contributed by atoms with Gasteiger partial charge in [0.05, 0.1) is 6.61 Å². The molecule has 1 fully saturated rings.